The molecule has 0 fully saturated rings. The Labute approximate surface area is 114 Å². The fourth-order valence-corrected chi connectivity index (χ4v) is 2.43. The van der Waals surface area contributed by atoms with E-state index in [0.717, 1.165) is 0 Å². The highest BCUT2D eigenvalue weighted by atomic mass is 16.3. The van der Waals surface area contributed by atoms with Crippen molar-refractivity contribution in [1.29, 1.82) is 0 Å². The van der Waals surface area contributed by atoms with Gasteiger partial charge in [-0.3, -0.25) is 4.98 Å². The van der Waals surface area contributed by atoms with Gasteiger partial charge in [0.2, 0.25) is 0 Å². The molecule has 0 radical (unpaired) electrons. The number of hydrogen-bond donors (Lipinski definition) is 1. The lowest BCUT2D eigenvalue weighted by atomic mass is 9.80. The van der Waals surface area contributed by atoms with Crippen molar-refractivity contribution in [3.05, 3.63) is 48.8 Å². The first kappa shape index (κ1) is 13.7. The minimum Gasteiger partial charge on any atom is -0.382 e. The van der Waals surface area contributed by atoms with Gasteiger partial charge in [-0.15, -0.1) is 0 Å². The molecule has 0 aliphatic rings. The van der Waals surface area contributed by atoms with E-state index in [4.69, 9.17) is 0 Å². The molecule has 0 spiro atoms. The molecule has 2 aromatic heterocycles. The third kappa shape index (κ3) is 3.64. The third-order valence-electron chi connectivity index (χ3n) is 2.97. The lowest BCUT2D eigenvalue weighted by Gasteiger charge is -2.34. The van der Waals surface area contributed by atoms with Crippen molar-refractivity contribution in [2.24, 2.45) is 5.41 Å². The van der Waals surface area contributed by atoms with E-state index >= 15 is 0 Å². The SMILES string of the molecule is CC(C)(C)C[C@@](O)(Cn1ccnc1)c1ccccn1. The molecule has 0 amide bonds. The Kier molecular flexibility index (Phi) is 3.71. The Hall–Kier alpha value is -1.68. The van der Waals surface area contributed by atoms with Gasteiger partial charge < -0.3 is 9.67 Å². The van der Waals surface area contributed by atoms with Crippen LogP contribution in [0.5, 0.6) is 0 Å². The van der Waals surface area contributed by atoms with Crippen molar-refractivity contribution in [3.63, 3.8) is 0 Å². The lowest BCUT2D eigenvalue weighted by molar-refractivity contribution is -0.0225. The molecule has 2 rings (SSSR count). The number of aliphatic hydroxyl groups is 1. The summed E-state index contributed by atoms with van der Waals surface area (Å²) in [6.07, 6.45) is 7.65. The summed E-state index contributed by atoms with van der Waals surface area (Å²) in [7, 11) is 0. The smallest absolute Gasteiger partial charge is 0.125 e. The van der Waals surface area contributed by atoms with Crippen molar-refractivity contribution in [1.82, 2.24) is 14.5 Å². The van der Waals surface area contributed by atoms with Gasteiger partial charge in [-0.2, -0.15) is 0 Å². The van der Waals surface area contributed by atoms with Crippen LogP contribution in [0.2, 0.25) is 0 Å². The summed E-state index contributed by atoms with van der Waals surface area (Å²) in [6, 6.07) is 5.64. The second-order valence-electron chi connectivity index (χ2n) is 6.22. The maximum atomic E-state index is 11.1. The number of aromatic nitrogens is 3. The predicted octanol–water partition coefficient (Wildman–Crippen LogP) is 2.60. The van der Waals surface area contributed by atoms with E-state index in [1.54, 1.807) is 18.7 Å². The molecule has 102 valence electrons. The summed E-state index contributed by atoms with van der Waals surface area (Å²) in [4.78, 5) is 8.36. The molecule has 4 nitrogen and oxygen atoms in total. The summed E-state index contributed by atoms with van der Waals surface area (Å²) < 4.78 is 1.89. The minimum atomic E-state index is -0.986. The highest BCUT2D eigenvalue weighted by molar-refractivity contribution is 5.13. The summed E-state index contributed by atoms with van der Waals surface area (Å²) >= 11 is 0. The molecule has 4 heteroatoms. The number of rotatable bonds is 4. The van der Waals surface area contributed by atoms with Crippen LogP contribution in [0.15, 0.2) is 43.1 Å². The maximum absolute atomic E-state index is 11.1. The maximum Gasteiger partial charge on any atom is 0.125 e. The van der Waals surface area contributed by atoms with Crippen LogP contribution in [0.4, 0.5) is 0 Å². The molecular formula is C15H21N3O. The van der Waals surface area contributed by atoms with Crippen LogP contribution in [0.25, 0.3) is 0 Å². The van der Waals surface area contributed by atoms with Gasteiger partial charge in [0.25, 0.3) is 0 Å². The first-order chi connectivity index (χ1) is 8.89. The molecule has 19 heavy (non-hydrogen) atoms. The quantitative estimate of drug-likeness (QED) is 0.918. The zero-order valence-corrected chi connectivity index (χ0v) is 11.7. The van der Waals surface area contributed by atoms with E-state index in [9.17, 15) is 5.11 Å². The van der Waals surface area contributed by atoms with Gasteiger partial charge in [0.1, 0.15) is 5.60 Å². The summed E-state index contributed by atoms with van der Waals surface area (Å²) in [5.41, 5.74) is -0.272. The highest BCUT2D eigenvalue weighted by Crippen LogP contribution is 2.35. The molecule has 0 aliphatic carbocycles. The topological polar surface area (TPSA) is 50.9 Å². The molecular weight excluding hydrogens is 238 g/mol. The second-order valence-corrected chi connectivity index (χ2v) is 6.22. The number of pyridine rings is 1. The van der Waals surface area contributed by atoms with Crippen LogP contribution in [0.1, 0.15) is 32.9 Å². The second kappa shape index (κ2) is 5.13. The summed E-state index contributed by atoms with van der Waals surface area (Å²) in [5, 5.41) is 11.1. The van der Waals surface area contributed by atoms with Crippen molar-refractivity contribution >= 4 is 0 Å². The molecule has 1 atom stereocenters. The monoisotopic (exact) mass is 259 g/mol. The van der Waals surface area contributed by atoms with Gasteiger partial charge in [0.05, 0.1) is 18.6 Å². The van der Waals surface area contributed by atoms with Crippen molar-refractivity contribution in [3.8, 4) is 0 Å². The van der Waals surface area contributed by atoms with E-state index in [1.807, 2.05) is 29.0 Å². The Morgan fingerprint density at radius 3 is 2.53 bits per heavy atom. The highest BCUT2D eigenvalue weighted by Gasteiger charge is 2.35. The van der Waals surface area contributed by atoms with Crippen LogP contribution >= 0.6 is 0 Å². The molecule has 2 heterocycles. The van der Waals surface area contributed by atoms with E-state index in [1.165, 1.54) is 0 Å². The third-order valence-corrected chi connectivity index (χ3v) is 2.97. The molecule has 0 saturated heterocycles. The molecule has 0 bridgehead atoms. The molecule has 0 aromatic carbocycles. The Morgan fingerprint density at radius 2 is 2.00 bits per heavy atom. The first-order valence-corrected chi connectivity index (χ1v) is 6.49. The van der Waals surface area contributed by atoms with Gasteiger partial charge >= 0.3 is 0 Å². The fourth-order valence-electron chi connectivity index (χ4n) is 2.43. The largest absolute Gasteiger partial charge is 0.382 e. The number of imidazole rings is 1. The van der Waals surface area contributed by atoms with Gasteiger partial charge in [0.15, 0.2) is 0 Å². The Bertz CT molecular complexity index is 502. The van der Waals surface area contributed by atoms with E-state index in [2.05, 4.69) is 30.7 Å². The van der Waals surface area contributed by atoms with E-state index in [0.29, 0.717) is 18.7 Å². The molecule has 2 aromatic rings. The summed E-state index contributed by atoms with van der Waals surface area (Å²) in [5.74, 6) is 0. The lowest BCUT2D eigenvalue weighted by Crippen LogP contribution is -2.36. The van der Waals surface area contributed by atoms with Crippen molar-refractivity contribution in [2.45, 2.75) is 39.3 Å². The average molecular weight is 259 g/mol. The fraction of sp³-hybridized carbons (Fsp3) is 0.467. The van der Waals surface area contributed by atoms with E-state index < -0.39 is 5.60 Å². The first-order valence-electron chi connectivity index (χ1n) is 6.49. The van der Waals surface area contributed by atoms with Gasteiger partial charge in [-0.25, -0.2) is 4.98 Å². The van der Waals surface area contributed by atoms with Gasteiger partial charge in [-0.1, -0.05) is 26.8 Å². The zero-order valence-electron chi connectivity index (χ0n) is 11.7. The van der Waals surface area contributed by atoms with Crippen LogP contribution in [0, 0.1) is 5.41 Å². The Morgan fingerprint density at radius 1 is 1.21 bits per heavy atom. The Balaban J connectivity index is 2.32. The van der Waals surface area contributed by atoms with Gasteiger partial charge in [-0.05, 0) is 24.0 Å². The van der Waals surface area contributed by atoms with Crippen molar-refractivity contribution in [2.75, 3.05) is 0 Å². The van der Waals surface area contributed by atoms with Crippen LogP contribution in [-0.4, -0.2) is 19.6 Å². The molecule has 0 unspecified atom stereocenters. The van der Waals surface area contributed by atoms with Crippen LogP contribution < -0.4 is 0 Å². The zero-order chi connectivity index (χ0) is 13.9. The van der Waals surface area contributed by atoms with Gasteiger partial charge in [0, 0.05) is 18.6 Å². The number of nitrogens with zero attached hydrogens (tertiary/aromatic N) is 3. The van der Waals surface area contributed by atoms with Crippen LogP contribution in [0.3, 0.4) is 0 Å². The molecule has 1 N–H and O–H groups in total. The number of hydrogen-bond acceptors (Lipinski definition) is 3. The molecule has 0 saturated carbocycles. The molecule has 0 aliphatic heterocycles. The van der Waals surface area contributed by atoms with Crippen molar-refractivity contribution < 1.29 is 5.11 Å². The minimum absolute atomic E-state index is 0.00680. The average Bonchev–Trinajstić information content (AvgIpc) is 2.80. The predicted molar refractivity (Wildman–Crippen MR) is 74.4 cm³/mol. The van der Waals surface area contributed by atoms with E-state index in [-0.39, 0.29) is 5.41 Å². The van der Waals surface area contributed by atoms with Crippen LogP contribution in [-0.2, 0) is 12.1 Å². The normalized spacial score (nSPS) is 15.2. The standard InChI is InChI=1S/C15H21N3O/c1-14(2,3)10-15(19,11-18-9-8-16-12-18)13-6-4-5-7-17-13/h4-9,12,19H,10-11H2,1-3H3/t15-/m1/s1. The summed E-state index contributed by atoms with van der Waals surface area (Å²) in [6.45, 7) is 6.82.